The lowest BCUT2D eigenvalue weighted by molar-refractivity contribution is -0.141. The number of carbonyl (C=O) groups is 3. The molecule has 2 aliphatic heterocycles. The Morgan fingerprint density at radius 2 is 1.06 bits per heavy atom. The number of nitrogens with zero attached hydrogens (tertiary/aromatic N) is 2. The first kappa shape index (κ1) is 44.7. The maximum Gasteiger partial charge on any atom is 0.305 e. The van der Waals surface area contributed by atoms with Gasteiger partial charge < -0.3 is 24.2 Å². The Hall–Kier alpha value is -3.48. The monoisotopic (exact) mass is 864 g/mol. The number of carbonyl (C=O) groups excluding carboxylic acids is 3. The summed E-state index contributed by atoms with van der Waals surface area (Å²) in [4.78, 5) is 53.1. The number of aromatic nitrogens is 2. The Morgan fingerprint density at radius 1 is 0.615 bits per heavy atom. The number of aliphatic imine (C=N–C) groups is 2. The summed E-state index contributed by atoms with van der Waals surface area (Å²) in [6, 6.07) is 0. The molecule has 0 fully saturated rings. The lowest BCUT2D eigenvalue weighted by Gasteiger charge is -2.08. The van der Waals surface area contributed by atoms with Crippen molar-refractivity contribution in [3.8, 4) is 0 Å². The smallest absolute Gasteiger partial charge is 0.305 e. The van der Waals surface area contributed by atoms with Crippen LogP contribution >= 0.6 is 45.6 Å². The van der Waals surface area contributed by atoms with E-state index < -0.39 is 0 Å². The van der Waals surface area contributed by atoms with Gasteiger partial charge in [-0.15, -0.1) is 45.6 Å². The molecule has 0 unspecified atom stereocenters. The summed E-state index contributed by atoms with van der Waals surface area (Å²) in [7, 11) is 4.20. The van der Waals surface area contributed by atoms with Crippen molar-refractivity contribution < 1.29 is 28.6 Å². The van der Waals surface area contributed by atoms with Gasteiger partial charge in [-0.05, 0) is 124 Å². The minimum atomic E-state index is -0.281. The van der Waals surface area contributed by atoms with E-state index in [1.807, 2.05) is 33.8 Å². The molecule has 0 amide bonds. The van der Waals surface area contributed by atoms with Crippen molar-refractivity contribution in [3.63, 3.8) is 0 Å². The minimum absolute atomic E-state index is 0. The highest BCUT2D eigenvalue weighted by molar-refractivity contribution is 8.93. The Bertz CT molecular complexity index is 1880. The molecule has 2 aliphatic rings. The molecule has 0 spiro atoms. The van der Waals surface area contributed by atoms with E-state index in [4.69, 9.17) is 35.8 Å². The van der Waals surface area contributed by atoms with E-state index in [0.717, 1.165) is 90.1 Å². The number of aryl methyl sites for hydroxylation is 2. The number of nitrogens with one attached hydrogen (secondary N) is 2. The molecule has 0 bridgehead atoms. The third-order valence-electron chi connectivity index (χ3n) is 9.82. The number of aromatic amines is 2. The summed E-state index contributed by atoms with van der Waals surface area (Å²) < 4.78 is 14.6. The second-order valence-corrected chi connectivity index (χ2v) is 13.1. The largest absolute Gasteiger partial charge is 0.469 e. The Balaban J connectivity index is 0.00000468. The number of ether oxygens (including phenoxy) is 3. The second-order valence-electron chi connectivity index (χ2n) is 12.8. The van der Waals surface area contributed by atoms with Gasteiger partial charge in [-0.3, -0.25) is 24.4 Å². The fourth-order valence-electron chi connectivity index (χ4n) is 6.74. The van der Waals surface area contributed by atoms with Crippen LogP contribution in [0.4, 0.5) is 0 Å². The quantitative estimate of drug-likeness (QED) is 0.104. The number of hydrogen-bond donors (Lipinski definition) is 2. The van der Waals surface area contributed by atoms with E-state index in [1.165, 1.54) is 21.3 Å². The lowest BCUT2D eigenvalue weighted by Crippen LogP contribution is -2.10. The van der Waals surface area contributed by atoms with Crippen molar-refractivity contribution in [2.75, 3.05) is 27.2 Å². The standard InChI is InChI=1S/C39H49ClN4O6.2BrH/c1-21-27(10-13-37(45)48-7)25(5)41-31(21)18-33-24(4)30(16-17-40)36(43-33)20-34-23(3)29(12-15-39(47)50-9)35(44-34)19-32-22(2)28(26(6)42-32)11-14-38(46)49-8;;/h18-19,41-42H,10-17,20H2,1-9H3;2*1H/b33-18+,35-19-;;. The maximum atomic E-state index is 12.2. The van der Waals surface area contributed by atoms with Crippen LogP contribution in [-0.2, 0) is 41.4 Å². The van der Waals surface area contributed by atoms with E-state index >= 15 is 0 Å². The summed E-state index contributed by atoms with van der Waals surface area (Å²) >= 11 is 6.31. The molecule has 4 rings (SSSR count). The van der Waals surface area contributed by atoms with Crippen LogP contribution in [0.25, 0.3) is 12.2 Å². The SMILES string of the molecule is Br.Br.COC(=O)CCC1=C(C)C(CC2=N/C(=C/c3[nH]c(C)c(CCC(=O)OC)c3C)C(C)=C2CCCl)=N/C1=C\c1[nH]c(C)c(CCC(=O)OC)c1C. The van der Waals surface area contributed by atoms with Gasteiger partial charge in [0.2, 0.25) is 0 Å². The van der Waals surface area contributed by atoms with Crippen molar-refractivity contribution in [3.05, 3.63) is 78.7 Å². The molecule has 10 nitrogen and oxygen atoms in total. The molecular formula is C39H51Br2ClN4O6. The van der Waals surface area contributed by atoms with Gasteiger partial charge in [0.15, 0.2) is 0 Å². The molecule has 52 heavy (non-hydrogen) atoms. The first-order valence-corrected chi connectivity index (χ1v) is 17.5. The average molecular weight is 867 g/mol. The van der Waals surface area contributed by atoms with E-state index in [0.29, 0.717) is 50.8 Å². The van der Waals surface area contributed by atoms with Crippen LogP contribution < -0.4 is 0 Å². The van der Waals surface area contributed by atoms with Crippen LogP contribution in [0.1, 0.15) is 97.4 Å². The number of H-pyrrole nitrogens is 2. The van der Waals surface area contributed by atoms with E-state index in [-0.39, 0.29) is 58.3 Å². The van der Waals surface area contributed by atoms with E-state index in [1.54, 1.807) is 0 Å². The molecule has 0 saturated heterocycles. The fraction of sp³-hybridized carbons (Fsp3) is 0.462. The van der Waals surface area contributed by atoms with Gasteiger partial charge in [0.25, 0.3) is 0 Å². The molecule has 0 radical (unpaired) electrons. The van der Waals surface area contributed by atoms with Gasteiger partial charge in [0, 0.05) is 54.3 Å². The summed E-state index contributed by atoms with van der Waals surface area (Å²) in [5.41, 5.74) is 15.8. The van der Waals surface area contributed by atoms with E-state index in [9.17, 15) is 14.4 Å². The average Bonchev–Trinajstić information content (AvgIpc) is 3.74. The molecule has 13 heteroatoms. The molecule has 0 saturated carbocycles. The van der Waals surface area contributed by atoms with Crippen molar-refractivity contribution in [2.45, 2.75) is 92.9 Å². The second kappa shape index (κ2) is 20.1. The highest BCUT2D eigenvalue weighted by atomic mass is 79.9. The lowest BCUT2D eigenvalue weighted by atomic mass is 9.95. The van der Waals surface area contributed by atoms with Crippen molar-refractivity contribution in [1.82, 2.24) is 9.97 Å². The number of halogens is 3. The molecule has 284 valence electrons. The van der Waals surface area contributed by atoms with Gasteiger partial charge in [-0.25, -0.2) is 0 Å². The fourth-order valence-corrected chi connectivity index (χ4v) is 6.93. The van der Waals surface area contributed by atoms with Crippen molar-refractivity contribution in [1.29, 1.82) is 0 Å². The molecule has 2 aromatic rings. The number of rotatable bonds is 15. The highest BCUT2D eigenvalue weighted by Crippen LogP contribution is 2.37. The van der Waals surface area contributed by atoms with Crippen LogP contribution in [0.15, 0.2) is 43.7 Å². The van der Waals surface area contributed by atoms with Crippen molar-refractivity contribution in [2.24, 2.45) is 9.98 Å². The zero-order valence-corrected chi connectivity index (χ0v) is 35.7. The number of allylic oxidation sites excluding steroid dienone is 4. The highest BCUT2D eigenvalue weighted by Gasteiger charge is 2.28. The summed E-state index contributed by atoms with van der Waals surface area (Å²) in [5, 5.41) is 0. The predicted octanol–water partition coefficient (Wildman–Crippen LogP) is 8.84. The number of alkyl halides is 1. The van der Waals surface area contributed by atoms with Crippen LogP contribution in [0.2, 0.25) is 0 Å². The summed E-state index contributed by atoms with van der Waals surface area (Å²) in [6.45, 7) is 12.2. The number of esters is 3. The number of hydrogen-bond acceptors (Lipinski definition) is 8. The summed E-state index contributed by atoms with van der Waals surface area (Å²) in [5.74, 6) is -0.305. The third-order valence-corrected chi connectivity index (χ3v) is 10.0. The predicted molar refractivity (Wildman–Crippen MR) is 219 cm³/mol. The van der Waals surface area contributed by atoms with E-state index in [2.05, 4.69) is 29.9 Å². The molecule has 0 aromatic carbocycles. The van der Waals surface area contributed by atoms with Crippen LogP contribution in [-0.4, -0.2) is 66.5 Å². The molecule has 0 aliphatic carbocycles. The van der Waals surface area contributed by atoms with Gasteiger partial charge in [0.1, 0.15) is 0 Å². The third kappa shape index (κ3) is 10.3. The molecular weight excluding hydrogens is 816 g/mol. The minimum Gasteiger partial charge on any atom is -0.469 e. The van der Waals surface area contributed by atoms with Crippen LogP contribution in [0.3, 0.4) is 0 Å². The van der Waals surface area contributed by atoms with Gasteiger partial charge >= 0.3 is 17.9 Å². The molecule has 4 heterocycles. The van der Waals surface area contributed by atoms with Crippen LogP contribution in [0, 0.1) is 27.7 Å². The first-order chi connectivity index (χ1) is 23.8. The van der Waals surface area contributed by atoms with Gasteiger partial charge in [0.05, 0.1) is 44.1 Å². The normalized spacial score (nSPS) is 15.5. The first-order valence-electron chi connectivity index (χ1n) is 16.9. The van der Waals surface area contributed by atoms with Crippen molar-refractivity contribution >= 4 is 87.0 Å². The van der Waals surface area contributed by atoms with Gasteiger partial charge in [-0.1, -0.05) is 0 Å². The van der Waals surface area contributed by atoms with Gasteiger partial charge in [-0.2, -0.15) is 0 Å². The Kier molecular flexibility index (Phi) is 17.3. The zero-order chi connectivity index (χ0) is 36.7. The Morgan fingerprint density at radius 3 is 1.52 bits per heavy atom. The molecule has 2 N–H and O–H groups in total. The van der Waals surface area contributed by atoms with Crippen LogP contribution in [0.5, 0.6) is 0 Å². The zero-order valence-electron chi connectivity index (χ0n) is 31.6. The molecule has 2 aromatic heterocycles. The number of methoxy groups -OCH3 is 3. The Labute approximate surface area is 332 Å². The maximum absolute atomic E-state index is 12.2. The molecule has 0 atom stereocenters. The topological polar surface area (TPSA) is 135 Å². The summed E-state index contributed by atoms with van der Waals surface area (Å²) in [6.07, 6.45) is 7.78.